The summed E-state index contributed by atoms with van der Waals surface area (Å²) < 4.78 is 5.53. The lowest BCUT2D eigenvalue weighted by Crippen LogP contribution is -2.09. The molecule has 0 saturated heterocycles. The van der Waals surface area contributed by atoms with Crippen LogP contribution in [-0.2, 0) is 4.79 Å². The van der Waals surface area contributed by atoms with Crippen LogP contribution in [0.1, 0.15) is 18.1 Å². The molecule has 0 spiro atoms. The van der Waals surface area contributed by atoms with E-state index in [4.69, 9.17) is 4.74 Å². The minimum absolute atomic E-state index is 0.198. The van der Waals surface area contributed by atoms with Gasteiger partial charge in [0.25, 0.3) is 0 Å². The molecule has 0 atom stereocenters. The topological polar surface area (TPSA) is 51.2 Å². The SMILES string of the molecule is CCOc1cc(C)ccc1NC(=O)/C=C/c1ccncc1. The van der Waals surface area contributed by atoms with Gasteiger partial charge in [0, 0.05) is 18.5 Å². The molecule has 21 heavy (non-hydrogen) atoms. The van der Waals surface area contributed by atoms with Gasteiger partial charge in [-0.05, 0) is 55.3 Å². The van der Waals surface area contributed by atoms with E-state index < -0.39 is 0 Å². The minimum Gasteiger partial charge on any atom is -0.492 e. The second-order valence-corrected chi connectivity index (χ2v) is 4.54. The van der Waals surface area contributed by atoms with E-state index in [2.05, 4.69) is 10.3 Å². The highest BCUT2D eigenvalue weighted by Crippen LogP contribution is 2.25. The highest BCUT2D eigenvalue weighted by atomic mass is 16.5. The Labute approximate surface area is 124 Å². The first-order chi connectivity index (χ1) is 10.2. The average Bonchev–Trinajstić information content (AvgIpc) is 2.49. The van der Waals surface area contributed by atoms with Crippen molar-refractivity contribution in [2.75, 3.05) is 11.9 Å². The second kappa shape index (κ2) is 7.24. The molecule has 2 rings (SSSR count). The highest BCUT2D eigenvalue weighted by molar-refractivity contribution is 6.02. The maximum atomic E-state index is 12.0. The van der Waals surface area contributed by atoms with Crippen molar-refractivity contribution in [2.45, 2.75) is 13.8 Å². The zero-order valence-electron chi connectivity index (χ0n) is 12.2. The molecule has 0 aliphatic carbocycles. The first-order valence-corrected chi connectivity index (χ1v) is 6.81. The van der Waals surface area contributed by atoms with E-state index in [9.17, 15) is 4.79 Å². The number of carbonyl (C=O) groups excluding carboxylic acids is 1. The third kappa shape index (κ3) is 4.45. The van der Waals surface area contributed by atoms with E-state index in [1.54, 1.807) is 18.5 Å². The van der Waals surface area contributed by atoms with Gasteiger partial charge in [0.05, 0.1) is 12.3 Å². The van der Waals surface area contributed by atoms with Crippen molar-refractivity contribution in [3.05, 3.63) is 59.9 Å². The number of aryl methyl sites for hydroxylation is 1. The number of anilines is 1. The molecule has 0 radical (unpaired) electrons. The van der Waals surface area contributed by atoms with Crippen molar-refractivity contribution in [1.82, 2.24) is 4.98 Å². The van der Waals surface area contributed by atoms with Crippen LogP contribution in [0.3, 0.4) is 0 Å². The van der Waals surface area contributed by atoms with Crippen molar-refractivity contribution >= 4 is 17.7 Å². The summed E-state index contributed by atoms with van der Waals surface area (Å²) in [6.45, 7) is 4.45. The maximum absolute atomic E-state index is 12.0. The number of rotatable bonds is 5. The fraction of sp³-hybridized carbons (Fsp3) is 0.176. The molecule has 2 aromatic rings. The van der Waals surface area contributed by atoms with Crippen LogP contribution in [0.4, 0.5) is 5.69 Å². The number of pyridine rings is 1. The number of nitrogens with zero attached hydrogens (tertiary/aromatic N) is 1. The molecule has 0 saturated carbocycles. The van der Waals surface area contributed by atoms with E-state index >= 15 is 0 Å². The number of benzene rings is 1. The molecule has 1 N–H and O–H groups in total. The molecule has 4 heteroatoms. The van der Waals surface area contributed by atoms with E-state index in [0.29, 0.717) is 18.0 Å². The van der Waals surface area contributed by atoms with Gasteiger partial charge < -0.3 is 10.1 Å². The Hall–Kier alpha value is -2.62. The van der Waals surface area contributed by atoms with Gasteiger partial charge in [-0.15, -0.1) is 0 Å². The van der Waals surface area contributed by atoms with Crippen LogP contribution in [0.2, 0.25) is 0 Å². The average molecular weight is 282 g/mol. The van der Waals surface area contributed by atoms with Gasteiger partial charge in [0.2, 0.25) is 5.91 Å². The fourth-order valence-corrected chi connectivity index (χ4v) is 1.83. The summed E-state index contributed by atoms with van der Waals surface area (Å²) in [4.78, 5) is 15.9. The number of hydrogen-bond acceptors (Lipinski definition) is 3. The molecule has 0 bridgehead atoms. The van der Waals surface area contributed by atoms with Gasteiger partial charge in [0.15, 0.2) is 0 Å². The molecule has 0 aliphatic heterocycles. The molecular formula is C17H18N2O2. The van der Waals surface area contributed by atoms with E-state index in [1.807, 2.05) is 44.2 Å². The van der Waals surface area contributed by atoms with E-state index in [1.165, 1.54) is 6.08 Å². The van der Waals surface area contributed by atoms with Gasteiger partial charge in [-0.2, -0.15) is 0 Å². The van der Waals surface area contributed by atoms with Gasteiger partial charge in [-0.25, -0.2) is 0 Å². The van der Waals surface area contributed by atoms with Crippen LogP contribution >= 0.6 is 0 Å². The molecule has 0 unspecified atom stereocenters. The van der Waals surface area contributed by atoms with Gasteiger partial charge >= 0.3 is 0 Å². The normalized spacial score (nSPS) is 10.6. The molecule has 1 aromatic carbocycles. The lowest BCUT2D eigenvalue weighted by Gasteiger charge is -2.11. The standard InChI is InChI=1S/C17H18N2O2/c1-3-21-16-12-13(2)4-6-15(16)19-17(20)7-5-14-8-10-18-11-9-14/h4-12H,3H2,1-2H3,(H,19,20)/b7-5+. The summed E-state index contributed by atoms with van der Waals surface area (Å²) in [6, 6.07) is 9.36. The van der Waals surface area contributed by atoms with Crippen LogP contribution in [-0.4, -0.2) is 17.5 Å². The van der Waals surface area contributed by atoms with Crippen LogP contribution < -0.4 is 10.1 Å². The summed E-state index contributed by atoms with van der Waals surface area (Å²) in [5.41, 5.74) is 2.68. The first-order valence-electron chi connectivity index (χ1n) is 6.81. The Morgan fingerprint density at radius 3 is 2.76 bits per heavy atom. The van der Waals surface area contributed by atoms with Gasteiger partial charge in [-0.3, -0.25) is 9.78 Å². The Morgan fingerprint density at radius 1 is 1.29 bits per heavy atom. The minimum atomic E-state index is -0.198. The Morgan fingerprint density at radius 2 is 2.05 bits per heavy atom. The molecule has 4 nitrogen and oxygen atoms in total. The van der Waals surface area contributed by atoms with Gasteiger partial charge in [-0.1, -0.05) is 6.07 Å². The highest BCUT2D eigenvalue weighted by Gasteiger charge is 2.06. The van der Waals surface area contributed by atoms with Crippen molar-refractivity contribution in [1.29, 1.82) is 0 Å². The number of nitrogens with one attached hydrogen (secondary N) is 1. The first kappa shape index (κ1) is 14.8. The third-order valence-corrected chi connectivity index (χ3v) is 2.83. The molecule has 0 aliphatic rings. The number of ether oxygens (including phenoxy) is 1. The van der Waals surface area contributed by atoms with Crippen LogP contribution in [0, 0.1) is 6.92 Å². The summed E-state index contributed by atoms with van der Waals surface area (Å²) in [5, 5.41) is 2.83. The molecular weight excluding hydrogens is 264 g/mol. The number of aromatic nitrogens is 1. The lowest BCUT2D eigenvalue weighted by atomic mass is 10.2. The van der Waals surface area contributed by atoms with Crippen molar-refractivity contribution in [2.24, 2.45) is 0 Å². The van der Waals surface area contributed by atoms with E-state index in [0.717, 1.165) is 11.1 Å². The monoisotopic (exact) mass is 282 g/mol. The van der Waals surface area contributed by atoms with Crippen molar-refractivity contribution in [3.63, 3.8) is 0 Å². The molecule has 108 valence electrons. The predicted molar refractivity (Wildman–Crippen MR) is 84.2 cm³/mol. The predicted octanol–water partition coefficient (Wildman–Crippen LogP) is 3.44. The Kier molecular flexibility index (Phi) is 5.10. The molecule has 0 fully saturated rings. The molecule has 1 amide bonds. The zero-order valence-corrected chi connectivity index (χ0v) is 12.2. The second-order valence-electron chi connectivity index (χ2n) is 4.54. The quantitative estimate of drug-likeness (QED) is 0.855. The Bertz CT molecular complexity index is 636. The van der Waals surface area contributed by atoms with Gasteiger partial charge in [0.1, 0.15) is 5.75 Å². The fourth-order valence-electron chi connectivity index (χ4n) is 1.83. The summed E-state index contributed by atoms with van der Waals surface area (Å²) in [6.07, 6.45) is 6.60. The van der Waals surface area contributed by atoms with E-state index in [-0.39, 0.29) is 5.91 Å². The zero-order chi connectivity index (χ0) is 15.1. The number of hydrogen-bond donors (Lipinski definition) is 1. The number of amides is 1. The lowest BCUT2D eigenvalue weighted by molar-refractivity contribution is -0.111. The van der Waals surface area contributed by atoms with Crippen LogP contribution in [0.5, 0.6) is 5.75 Å². The summed E-state index contributed by atoms with van der Waals surface area (Å²) in [5.74, 6) is 0.486. The van der Waals surface area contributed by atoms with Crippen molar-refractivity contribution < 1.29 is 9.53 Å². The van der Waals surface area contributed by atoms with Crippen LogP contribution in [0.25, 0.3) is 6.08 Å². The summed E-state index contributed by atoms with van der Waals surface area (Å²) in [7, 11) is 0. The smallest absolute Gasteiger partial charge is 0.248 e. The molecule has 1 aromatic heterocycles. The Balaban J connectivity index is 2.07. The largest absolute Gasteiger partial charge is 0.492 e. The maximum Gasteiger partial charge on any atom is 0.248 e. The summed E-state index contributed by atoms with van der Waals surface area (Å²) >= 11 is 0. The van der Waals surface area contributed by atoms with Crippen molar-refractivity contribution in [3.8, 4) is 5.75 Å². The molecule has 1 heterocycles. The number of carbonyl (C=O) groups is 1. The third-order valence-electron chi connectivity index (χ3n) is 2.83. The van der Waals surface area contributed by atoms with Crippen LogP contribution in [0.15, 0.2) is 48.8 Å².